The Morgan fingerprint density at radius 1 is 1.50 bits per heavy atom. The fourth-order valence-corrected chi connectivity index (χ4v) is 2.21. The second kappa shape index (κ2) is 5.22. The smallest absolute Gasteiger partial charge is 0.0101 e. The minimum atomic E-state index is 0.670. The van der Waals surface area contributed by atoms with Crippen LogP contribution in [0.5, 0.6) is 0 Å². The zero-order valence-electron chi connectivity index (χ0n) is 7.97. The van der Waals surface area contributed by atoms with Gasteiger partial charge in [-0.2, -0.15) is 0 Å². The van der Waals surface area contributed by atoms with Gasteiger partial charge in [-0.15, -0.1) is 12.3 Å². The van der Waals surface area contributed by atoms with E-state index in [1.54, 1.807) is 0 Å². The summed E-state index contributed by atoms with van der Waals surface area (Å²) in [5.74, 6) is 3.61. The average molecular weight is 165 g/mol. The van der Waals surface area contributed by atoms with Gasteiger partial charge in [0, 0.05) is 12.5 Å². The van der Waals surface area contributed by atoms with Crippen LogP contribution in [0.1, 0.15) is 38.5 Å². The summed E-state index contributed by atoms with van der Waals surface area (Å²) in [6.45, 7) is 0. The Morgan fingerprint density at radius 2 is 2.17 bits per heavy atom. The maximum absolute atomic E-state index is 5.25. The van der Waals surface area contributed by atoms with Crippen molar-refractivity contribution in [2.75, 3.05) is 7.05 Å². The van der Waals surface area contributed by atoms with Gasteiger partial charge >= 0.3 is 0 Å². The predicted molar refractivity (Wildman–Crippen MR) is 52.9 cm³/mol. The van der Waals surface area contributed by atoms with E-state index in [0.29, 0.717) is 6.04 Å². The first-order valence-corrected chi connectivity index (χ1v) is 4.99. The molecule has 0 aliphatic heterocycles. The summed E-state index contributed by atoms with van der Waals surface area (Å²) in [5.41, 5.74) is 0. The molecule has 1 atom stereocenters. The van der Waals surface area contributed by atoms with Gasteiger partial charge in [0.2, 0.25) is 0 Å². The standard InChI is InChI=1S/C11H19N/c1-3-4-9-11(12-2)10-7-5-6-8-10/h1,10-12H,4-9H2,2H3. The Labute approximate surface area is 75.9 Å². The van der Waals surface area contributed by atoms with Gasteiger partial charge in [0.1, 0.15) is 0 Å². The molecule has 68 valence electrons. The Balaban J connectivity index is 2.28. The van der Waals surface area contributed by atoms with E-state index in [2.05, 4.69) is 18.3 Å². The molecule has 0 saturated heterocycles. The normalized spacial score (nSPS) is 20.7. The van der Waals surface area contributed by atoms with Crippen molar-refractivity contribution in [3.63, 3.8) is 0 Å². The molecular formula is C11H19N. The third kappa shape index (κ3) is 2.53. The summed E-state index contributed by atoms with van der Waals surface area (Å²) in [6.07, 6.45) is 13.0. The van der Waals surface area contributed by atoms with Gasteiger partial charge in [-0.05, 0) is 32.2 Å². The molecule has 1 fully saturated rings. The Hall–Kier alpha value is -0.480. The summed E-state index contributed by atoms with van der Waals surface area (Å²) >= 11 is 0. The fraction of sp³-hybridized carbons (Fsp3) is 0.818. The lowest BCUT2D eigenvalue weighted by molar-refractivity contribution is 0.363. The molecule has 1 saturated carbocycles. The minimum Gasteiger partial charge on any atom is -0.317 e. The van der Waals surface area contributed by atoms with Crippen molar-refractivity contribution in [2.45, 2.75) is 44.6 Å². The number of hydrogen-bond acceptors (Lipinski definition) is 1. The van der Waals surface area contributed by atoms with Gasteiger partial charge in [-0.3, -0.25) is 0 Å². The molecule has 0 aromatic rings. The SMILES string of the molecule is C#CCCC(NC)C1CCCC1. The van der Waals surface area contributed by atoms with Gasteiger partial charge in [0.25, 0.3) is 0 Å². The van der Waals surface area contributed by atoms with E-state index in [9.17, 15) is 0 Å². The molecule has 0 bridgehead atoms. The first kappa shape index (κ1) is 9.61. The van der Waals surface area contributed by atoms with Crippen molar-refractivity contribution >= 4 is 0 Å². The average Bonchev–Trinajstić information content (AvgIpc) is 2.59. The number of hydrogen-bond donors (Lipinski definition) is 1. The van der Waals surface area contributed by atoms with Crippen LogP contribution >= 0.6 is 0 Å². The van der Waals surface area contributed by atoms with E-state index in [4.69, 9.17) is 6.42 Å². The second-order valence-corrected chi connectivity index (χ2v) is 3.68. The van der Waals surface area contributed by atoms with E-state index in [0.717, 1.165) is 18.8 Å². The lowest BCUT2D eigenvalue weighted by Gasteiger charge is -2.21. The Morgan fingerprint density at radius 3 is 2.67 bits per heavy atom. The van der Waals surface area contributed by atoms with E-state index < -0.39 is 0 Å². The van der Waals surface area contributed by atoms with Crippen molar-refractivity contribution < 1.29 is 0 Å². The van der Waals surface area contributed by atoms with Gasteiger partial charge in [-0.1, -0.05) is 12.8 Å². The Kier molecular flexibility index (Phi) is 4.18. The van der Waals surface area contributed by atoms with Crippen molar-refractivity contribution in [1.82, 2.24) is 5.32 Å². The van der Waals surface area contributed by atoms with E-state index >= 15 is 0 Å². The van der Waals surface area contributed by atoms with E-state index in [1.807, 2.05) is 0 Å². The van der Waals surface area contributed by atoms with E-state index in [-0.39, 0.29) is 0 Å². The highest BCUT2D eigenvalue weighted by Gasteiger charge is 2.22. The molecule has 1 heteroatoms. The molecule has 1 nitrogen and oxygen atoms in total. The molecular weight excluding hydrogens is 146 g/mol. The van der Waals surface area contributed by atoms with Gasteiger partial charge < -0.3 is 5.32 Å². The first-order valence-electron chi connectivity index (χ1n) is 4.99. The molecule has 0 radical (unpaired) electrons. The molecule has 0 heterocycles. The topological polar surface area (TPSA) is 12.0 Å². The minimum absolute atomic E-state index is 0.670. The van der Waals surface area contributed by atoms with Crippen LogP contribution in [0.2, 0.25) is 0 Å². The molecule has 1 unspecified atom stereocenters. The molecule has 0 spiro atoms. The lowest BCUT2D eigenvalue weighted by Crippen LogP contribution is -2.31. The second-order valence-electron chi connectivity index (χ2n) is 3.68. The lowest BCUT2D eigenvalue weighted by atomic mass is 9.94. The summed E-state index contributed by atoms with van der Waals surface area (Å²) in [6, 6.07) is 0.670. The number of terminal acetylenes is 1. The van der Waals surface area contributed by atoms with Crippen LogP contribution in [0.3, 0.4) is 0 Å². The molecule has 1 N–H and O–H groups in total. The first-order chi connectivity index (χ1) is 5.88. The summed E-state index contributed by atoms with van der Waals surface area (Å²) in [7, 11) is 2.06. The monoisotopic (exact) mass is 165 g/mol. The molecule has 0 amide bonds. The third-order valence-electron chi connectivity index (χ3n) is 2.94. The fourth-order valence-electron chi connectivity index (χ4n) is 2.21. The van der Waals surface area contributed by atoms with Crippen molar-refractivity contribution in [2.24, 2.45) is 5.92 Å². The number of rotatable bonds is 4. The molecule has 0 aromatic carbocycles. The van der Waals surface area contributed by atoms with Crippen molar-refractivity contribution in [3.05, 3.63) is 0 Å². The van der Waals surface area contributed by atoms with Gasteiger partial charge in [-0.25, -0.2) is 0 Å². The molecule has 1 aliphatic carbocycles. The van der Waals surface area contributed by atoms with Crippen LogP contribution in [0.4, 0.5) is 0 Å². The van der Waals surface area contributed by atoms with E-state index in [1.165, 1.54) is 25.7 Å². The largest absolute Gasteiger partial charge is 0.317 e. The predicted octanol–water partition coefficient (Wildman–Crippen LogP) is 2.18. The van der Waals surface area contributed by atoms with Crippen LogP contribution < -0.4 is 5.32 Å². The van der Waals surface area contributed by atoms with Crippen LogP contribution in [0, 0.1) is 18.3 Å². The molecule has 1 aliphatic rings. The highest BCUT2D eigenvalue weighted by atomic mass is 14.9. The molecule has 1 rings (SSSR count). The maximum atomic E-state index is 5.25. The van der Waals surface area contributed by atoms with Crippen molar-refractivity contribution in [1.29, 1.82) is 0 Å². The zero-order valence-corrected chi connectivity index (χ0v) is 7.97. The summed E-state index contributed by atoms with van der Waals surface area (Å²) < 4.78 is 0. The quantitative estimate of drug-likeness (QED) is 0.630. The maximum Gasteiger partial charge on any atom is 0.0101 e. The summed E-state index contributed by atoms with van der Waals surface area (Å²) in [5, 5.41) is 3.38. The van der Waals surface area contributed by atoms with Crippen LogP contribution in [-0.2, 0) is 0 Å². The third-order valence-corrected chi connectivity index (χ3v) is 2.94. The number of nitrogens with one attached hydrogen (secondary N) is 1. The van der Waals surface area contributed by atoms with Crippen molar-refractivity contribution in [3.8, 4) is 12.3 Å². The van der Waals surface area contributed by atoms with Crippen LogP contribution in [0.15, 0.2) is 0 Å². The van der Waals surface area contributed by atoms with Gasteiger partial charge in [0.05, 0.1) is 0 Å². The highest BCUT2D eigenvalue weighted by Crippen LogP contribution is 2.29. The Bertz CT molecular complexity index is 151. The van der Waals surface area contributed by atoms with Gasteiger partial charge in [0.15, 0.2) is 0 Å². The molecule has 12 heavy (non-hydrogen) atoms. The van der Waals surface area contributed by atoms with Crippen LogP contribution in [0.25, 0.3) is 0 Å². The molecule has 0 aromatic heterocycles. The van der Waals surface area contributed by atoms with Crippen LogP contribution in [-0.4, -0.2) is 13.1 Å². The summed E-state index contributed by atoms with van der Waals surface area (Å²) in [4.78, 5) is 0. The zero-order chi connectivity index (χ0) is 8.81. The highest BCUT2D eigenvalue weighted by molar-refractivity contribution is 4.88.